The summed E-state index contributed by atoms with van der Waals surface area (Å²) in [6, 6.07) is 3.83. The molecule has 1 aromatic rings. The molecular weight excluding hydrogens is 335 g/mol. The Bertz CT molecular complexity index is 626. The molecule has 1 fully saturated rings. The summed E-state index contributed by atoms with van der Waals surface area (Å²) >= 11 is 0. The highest BCUT2D eigenvalue weighted by atomic mass is 35.5. The summed E-state index contributed by atoms with van der Waals surface area (Å²) in [5, 5.41) is 5.48. The third kappa shape index (κ3) is 3.96. The third-order valence-corrected chi connectivity index (χ3v) is 4.46. The highest BCUT2D eigenvalue weighted by Gasteiger charge is 2.30. The number of urea groups is 1. The number of nitrogens with two attached hydrogens (primary N) is 1. The minimum atomic E-state index is -0.634. The summed E-state index contributed by atoms with van der Waals surface area (Å²) in [6.45, 7) is 6.95. The van der Waals surface area contributed by atoms with Gasteiger partial charge in [0.25, 0.3) is 5.91 Å². The van der Waals surface area contributed by atoms with Crippen LogP contribution in [-0.4, -0.2) is 37.1 Å². The van der Waals surface area contributed by atoms with Crippen LogP contribution < -0.4 is 21.3 Å². The Labute approximate surface area is 147 Å². The highest BCUT2D eigenvalue weighted by Crippen LogP contribution is 2.22. The van der Waals surface area contributed by atoms with E-state index in [1.807, 2.05) is 20.8 Å². The van der Waals surface area contributed by atoms with Crippen LogP contribution in [-0.2, 0) is 0 Å². The van der Waals surface area contributed by atoms with Crippen LogP contribution in [0.5, 0.6) is 0 Å². The van der Waals surface area contributed by atoms with E-state index >= 15 is 0 Å². The number of nitrogens with zero attached hydrogens (tertiary/aromatic N) is 1. The molecule has 1 saturated heterocycles. The number of benzene rings is 1. The van der Waals surface area contributed by atoms with Gasteiger partial charge in [0.2, 0.25) is 0 Å². The Hall–Kier alpha value is -1.86. The zero-order chi connectivity index (χ0) is 17.2. The average molecular weight is 359 g/mol. The first-order valence-corrected chi connectivity index (χ1v) is 7.66. The molecule has 24 heavy (non-hydrogen) atoms. The molecule has 6 nitrogen and oxygen atoms in total. The lowest BCUT2D eigenvalue weighted by Gasteiger charge is -2.33. The van der Waals surface area contributed by atoms with Crippen molar-refractivity contribution in [3.8, 4) is 0 Å². The average Bonchev–Trinajstić information content (AvgIpc) is 2.93. The molecular formula is C16H24ClFN4O2. The molecule has 2 rings (SSSR count). The molecule has 3 amide bonds. The molecule has 4 N–H and O–H groups in total. The maximum absolute atomic E-state index is 14.1. The van der Waals surface area contributed by atoms with E-state index in [4.69, 9.17) is 5.73 Å². The van der Waals surface area contributed by atoms with E-state index in [2.05, 4.69) is 10.6 Å². The van der Waals surface area contributed by atoms with Crippen LogP contribution in [0.4, 0.5) is 14.9 Å². The van der Waals surface area contributed by atoms with E-state index in [0.29, 0.717) is 18.8 Å². The van der Waals surface area contributed by atoms with Crippen molar-refractivity contribution in [2.45, 2.75) is 26.3 Å². The van der Waals surface area contributed by atoms with Crippen LogP contribution in [0.15, 0.2) is 18.2 Å². The Kier molecular flexibility index (Phi) is 6.57. The molecule has 1 heterocycles. The molecule has 1 unspecified atom stereocenters. The van der Waals surface area contributed by atoms with Crippen molar-refractivity contribution < 1.29 is 14.0 Å². The van der Waals surface area contributed by atoms with Crippen LogP contribution >= 0.6 is 12.4 Å². The minimum absolute atomic E-state index is 0. The summed E-state index contributed by atoms with van der Waals surface area (Å²) in [5.74, 6) is -1.08. The van der Waals surface area contributed by atoms with Gasteiger partial charge in [-0.05, 0) is 31.0 Å². The number of hydrogen-bond acceptors (Lipinski definition) is 3. The highest BCUT2D eigenvalue weighted by molar-refractivity contribution is 5.99. The van der Waals surface area contributed by atoms with E-state index in [1.54, 1.807) is 0 Å². The lowest BCUT2D eigenvalue weighted by molar-refractivity contribution is 0.0879. The predicted molar refractivity (Wildman–Crippen MR) is 94.2 cm³/mol. The van der Waals surface area contributed by atoms with Crippen molar-refractivity contribution in [1.29, 1.82) is 0 Å². The summed E-state index contributed by atoms with van der Waals surface area (Å²) < 4.78 is 14.1. The zero-order valence-corrected chi connectivity index (χ0v) is 14.9. The van der Waals surface area contributed by atoms with E-state index in [-0.39, 0.29) is 36.5 Å². The van der Waals surface area contributed by atoms with Gasteiger partial charge in [-0.2, -0.15) is 0 Å². The minimum Gasteiger partial charge on any atom is -0.345 e. The number of carbonyl (C=O) groups excluding carboxylic acids is 2. The Morgan fingerprint density at radius 1 is 1.50 bits per heavy atom. The quantitative estimate of drug-likeness (QED) is 0.751. The molecule has 1 atom stereocenters. The summed E-state index contributed by atoms with van der Waals surface area (Å²) in [5.41, 5.74) is 5.51. The van der Waals surface area contributed by atoms with Gasteiger partial charge in [-0.1, -0.05) is 13.8 Å². The van der Waals surface area contributed by atoms with E-state index < -0.39 is 17.3 Å². The van der Waals surface area contributed by atoms with E-state index in [0.717, 1.165) is 0 Å². The zero-order valence-electron chi connectivity index (χ0n) is 14.1. The number of amides is 3. The first-order chi connectivity index (χ1) is 10.8. The van der Waals surface area contributed by atoms with Gasteiger partial charge < -0.3 is 16.4 Å². The van der Waals surface area contributed by atoms with Gasteiger partial charge in [0.15, 0.2) is 0 Å². The largest absolute Gasteiger partial charge is 0.345 e. The second kappa shape index (κ2) is 7.81. The number of rotatable bonds is 5. The fourth-order valence-electron chi connectivity index (χ4n) is 2.33. The normalized spacial score (nSPS) is 16.4. The smallest absolute Gasteiger partial charge is 0.321 e. The van der Waals surface area contributed by atoms with Crippen molar-refractivity contribution in [1.82, 2.24) is 10.6 Å². The maximum atomic E-state index is 14.1. The standard InChI is InChI=1S/C16H23FN4O2.ClH/c1-10(2)16(3,9-18)20-14(22)12-8-11(4-5-13(12)17)21-7-6-19-15(21)23;/h4-5,8,10H,6-7,9,18H2,1-3H3,(H,19,23)(H,20,22);1H. The second-order valence-electron chi connectivity index (χ2n) is 6.28. The number of nitrogens with one attached hydrogen (secondary N) is 2. The number of halogens is 2. The van der Waals surface area contributed by atoms with E-state index in [9.17, 15) is 14.0 Å². The maximum Gasteiger partial charge on any atom is 0.321 e. The van der Waals surface area contributed by atoms with Crippen LogP contribution in [0, 0.1) is 11.7 Å². The fraction of sp³-hybridized carbons (Fsp3) is 0.500. The molecule has 0 saturated carbocycles. The van der Waals surface area contributed by atoms with Gasteiger partial charge >= 0.3 is 6.03 Å². The molecule has 1 aromatic carbocycles. The fourth-order valence-corrected chi connectivity index (χ4v) is 2.33. The molecule has 0 spiro atoms. The SMILES string of the molecule is CC(C)C(C)(CN)NC(=O)c1cc(N2CCNC2=O)ccc1F.Cl. The number of anilines is 1. The first-order valence-electron chi connectivity index (χ1n) is 7.66. The first kappa shape index (κ1) is 20.2. The number of hydrogen-bond donors (Lipinski definition) is 3. The Balaban J connectivity index is 0.00000288. The molecule has 1 aliphatic rings. The molecule has 0 bridgehead atoms. The molecule has 8 heteroatoms. The molecule has 0 radical (unpaired) electrons. The Morgan fingerprint density at radius 3 is 2.67 bits per heavy atom. The van der Waals surface area contributed by atoms with Crippen molar-refractivity contribution in [2.75, 3.05) is 24.5 Å². The van der Waals surface area contributed by atoms with Gasteiger partial charge in [0.05, 0.1) is 11.1 Å². The van der Waals surface area contributed by atoms with Crippen molar-refractivity contribution in [3.05, 3.63) is 29.6 Å². The van der Waals surface area contributed by atoms with Crippen molar-refractivity contribution in [2.24, 2.45) is 11.7 Å². The summed E-state index contributed by atoms with van der Waals surface area (Å²) in [6.07, 6.45) is 0. The molecule has 134 valence electrons. The summed E-state index contributed by atoms with van der Waals surface area (Å²) in [4.78, 5) is 25.6. The van der Waals surface area contributed by atoms with Gasteiger partial charge in [-0.15, -0.1) is 12.4 Å². The second-order valence-corrected chi connectivity index (χ2v) is 6.28. The number of carbonyl (C=O) groups is 2. The van der Waals surface area contributed by atoms with Crippen LogP contribution in [0.3, 0.4) is 0 Å². The summed E-state index contributed by atoms with van der Waals surface area (Å²) in [7, 11) is 0. The predicted octanol–water partition coefficient (Wildman–Crippen LogP) is 1.88. The van der Waals surface area contributed by atoms with Gasteiger partial charge in [0.1, 0.15) is 5.82 Å². The topological polar surface area (TPSA) is 87.5 Å². The lowest BCUT2D eigenvalue weighted by Crippen LogP contribution is -2.55. The van der Waals surface area contributed by atoms with Crippen LogP contribution in [0.1, 0.15) is 31.1 Å². The third-order valence-electron chi connectivity index (χ3n) is 4.46. The van der Waals surface area contributed by atoms with Crippen molar-refractivity contribution in [3.63, 3.8) is 0 Å². The van der Waals surface area contributed by atoms with E-state index in [1.165, 1.54) is 23.1 Å². The van der Waals surface area contributed by atoms with Gasteiger partial charge in [-0.3, -0.25) is 9.69 Å². The van der Waals surface area contributed by atoms with Gasteiger partial charge in [-0.25, -0.2) is 9.18 Å². The molecule has 0 aliphatic carbocycles. The lowest BCUT2D eigenvalue weighted by atomic mass is 9.88. The van der Waals surface area contributed by atoms with Crippen LogP contribution in [0.25, 0.3) is 0 Å². The monoisotopic (exact) mass is 358 g/mol. The van der Waals surface area contributed by atoms with Crippen LogP contribution in [0.2, 0.25) is 0 Å². The Morgan fingerprint density at radius 2 is 2.17 bits per heavy atom. The molecule has 0 aromatic heterocycles. The van der Waals surface area contributed by atoms with Gasteiger partial charge in [0, 0.05) is 25.3 Å². The van der Waals surface area contributed by atoms with Crippen molar-refractivity contribution >= 4 is 30.0 Å². The molecule has 1 aliphatic heterocycles.